The standard InChI is InChI=1S/C15H14F3NO3S/c16-11-6-5-10(14(18)7-11)9-23(21,22)19-8-15(20)12-3-1-2-4-13(12)17/h1-7,15,19-20H,8-9H2. The number of nitrogens with one attached hydrogen (secondary N) is 1. The predicted molar refractivity (Wildman–Crippen MR) is 78.3 cm³/mol. The molecule has 2 aromatic rings. The van der Waals surface area contributed by atoms with E-state index in [1.165, 1.54) is 18.2 Å². The molecule has 0 aliphatic heterocycles. The van der Waals surface area contributed by atoms with Gasteiger partial charge in [-0.15, -0.1) is 0 Å². The lowest BCUT2D eigenvalue weighted by molar-refractivity contribution is 0.177. The average molecular weight is 345 g/mol. The SMILES string of the molecule is O=S(=O)(Cc1ccc(F)cc1F)NCC(O)c1ccccc1F. The summed E-state index contributed by atoms with van der Waals surface area (Å²) in [6, 6.07) is 7.96. The minimum atomic E-state index is -3.98. The van der Waals surface area contributed by atoms with Gasteiger partial charge in [0.25, 0.3) is 0 Å². The van der Waals surface area contributed by atoms with E-state index in [2.05, 4.69) is 4.72 Å². The van der Waals surface area contributed by atoms with Crippen LogP contribution < -0.4 is 4.72 Å². The van der Waals surface area contributed by atoms with Crippen molar-refractivity contribution < 1.29 is 26.7 Å². The Morgan fingerprint density at radius 1 is 1.04 bits per heavy atom. The third-order valence-electron chi connectivity index (χ3n) is 3.12. The van der Waals surface area contributed by atoms with Crippen molar-refractivity contribution in [1.82, 2.24) is 4.72 Å². The maximum atomic E-state index is 13.5. The minimum Gasteiger partial charge on any atom is -0.387 e. The van der Waals surface area contributed by atoms with Gasteiger partial charge in [-0.1, -0.05) is 24.3 Å². The summed E-state index contributed by atoms with van der Waals surface area (Å²) >= 11 is 0. The van der Waals surface area contributed by atoms with Crippen LogP contribution in [0, 0.1) is 17.5 Å². The van der Waals surface area contributed by atoms with Crippen LogP contribution in [-0.4, -0.2) is 20.1 Å². The number of hydrogen-bond donors (Lipinski definition) is 2. The molecule has 0 saturated heterocycles. The summed E-state index contributed by atoms with van der Waals surface area (Å²) in [5.41, 5.74) is -0.262. The molecule has 23 heavy (non-hydrogen) atoms. The lowest BCUT2D eigenvalue weighted by atomic mass is 10.1. The Bertz CT molecular complexity index is 796. The molecular formula is C15H14F3NO3S. The zero-order valence-corrected chi connectivity index (χ0v) is 12.7. The summed E-state index contributed by atoms with van der Waals surface area (Å²) in [6.07, 6.45) is -1.39. The lowest BCUT2D eigenvalue weighted by Gasteiger charge is -2.13. The molecule has 0 saturated carbocycles. The Morgan fingerprint density at radius 2 is 1.74 bits per heavy atom. The van der Waals surface area contributed by atoms with E-state index in [1.807, 2.05) is 0 Å². The fraction of sp³-hybridized carbons (Fsp3) is 0.200. The molecule has 0 aliphatic carbocycles. The van der Waals surface area contributed by atoms with Gasteiger partial charge >= 0.3 is 0 Å². The van der Waals surface area contributed by atoms with Crippen molar-refractivity contribution >= 4 is 10.0 Å². The summed E-state index contributed by atoms with van der Waals surface area (Å²) < 4.78 is 65.6. The highest BCUT2D eigenvalue weighted by molar-refractivity contribution is 7.88. The molecule has 0 amide bonds. The Kier molecular flexibility index (Phi) is 5.40. The molecule has 2 aromatic carbocycles. The van der Waals surface area contributed by atoms with Crippen molar-refractivity contribution in [3.8, 4) is 0 Å². The second-order valence-corrected chi connectivity index (χ2v) is 6.69. The van der Waals surface area contributed by atoms with Crippen LogP contribution in [0.5, 0.6) is 0 Å². The van der Waals surface area contributed by atoms with E-state index in [9.17, 15) is 26.7 Å². The van der Waals surface area contributed by atoms with E-state index in [-0.39, 0.29) is 11.1 Å². The van der Waals surface area contributed by atoms with Gasteiger partial charge in [-0.3, -0.25) is 0 Å². The average Bonchev–Trinajstić information content (AvgIpc) is 2.48. The molecular weight excluding hydrogens is 331 g/mol. The van der Waals surface area contributed by atoms with Crippen molar-refractivity contribution in [3.05, 3.63) is 71.0 Å². The molecule has 0 aliphatic rings. The van der Waals surface area contributed by atoms with E-state index in [4.69, 9.17) is 0 Å². The molecule has 1 unspecified atom stereocenters. The first kappa shape index (κ1) is 17.5. The Labute approximate surface area is 131 Å². The number of sulfonamides is 1. The minimum absolute atomic E-state index is 0.0526. The summed E-state index contributed by atoms with van der Waals surface area (Å²) in [5.74, 6) is -3.18. The first-order valence-electron chi connectivity index (χ1n) is 6.62. The van der Waals surface area contributed by atoms with E-state index in [0.717, 1.165) is 18.2 Å². The van der Waals surface area contributed by atoms with Crippen LogP contribution in [0.1, 0.15) is 17.2 Å². The molecule has 2 rings (SSSR count). The predicted octanol–water partition coefficient (Wildman–Crippen LogP) is 2.26. The summed E-state index contributed by atoms with van der Waals surface area (Å²) in [5, 5.41) is 9.83. The molecule has 1 atom stereocenters. The summed E-state index contributed by atoms with van der Waals surface area (Å²) in [7, 11) is -3.98. The number of aliphatic hydroxyl groups excluding tert-OH is 1. The highest BCUT2D eigenvalue weighted by atomic mass is 32.2. The number of hydrogen-bond acceptors (Lipinski definition) is 3. The third-order valence-corrected chi connectivity index (χ3v) is 4.42. The quantitative estimate of drug-likeness (QED) is 0.844. The van der Waals surface area contributed by atoms with Gasteiger partial charge in [-0.05, 0) is 12.1 Å². The Balaban J connectivity index is 2.03. The first-order valence-corrected chi connectivity index (χ1v) is 8.27. The van der Waals surface area contributed by atoms with E-state index < -0.39 is 45.9 Å². The topological polar surface area (TPSA) is 66.4 Å². The number of aliphatic hydroxyl groups is 1. The van der Waals surface area contributed by atoms with Crippen LogP contribution in [-0.2, 0) is 15.8 Å². The number of rotatable bonds is 6. The maximum absolute atomic E-state index is 13.5. The second kappa shape index (κ2) is 7.12. The van der Waals surface area contributed by atoms with Gasteiger partial charge < -0.3 is 5.11 Å². The summed E-state index contributed by atoms with van der Waals surface area (Å²) in [6.45, 7) is -0.466. The van der Waals surface area contributed by atoms with Gasteiger partial charge in [0.05, 0.1) is 11.9 Å². The van der Waals surface area contributed by atoms with Crippen molar-refractivity contribution in [1.29, 1.82) is 0 Å². The van der Waals surface area contributed by atoms with Crippen molar-refractivity contribution in [3.63, 3.8) is 0 Å². The van der Waals surface area contributed by atoms with Gasteiger partial charge in [0.15, 0.2) is 0 Å². The van der Waals surface area contributed by atoms with E-state index >= 15 is 0 Å². The summed E-state index contributed by atoms with van der Waals surface area (Å²) in [4.78, 5) is 0. The van der Waals surface area contributed by atoms with Crippen molar-refractivity contribution in [2.75, 3.05) is 6.54 Å². The van der Waals surface area contributed by atoms with Gasteiger partial charge in [-0.25, -0.2) is 26.3 Å². The molecule has 0 fully saturated rings. The fourth-order valence-corrected chi connectivity index (χ4v) is 3.11. The third kappa shape index (κ3) is 4.78. The van der Waals surface area contributed by atoms with Crippen LogP contribution in [0.2, 0.25) is 0 Å². The van der Waals surface area contributed by atoms with E-state index in [0.29, 0.717) is 6.07 Å². The van der Waals surface area contributed by atoms with Crippen molar-refractivity contribution in [2.24, 2.45) is 0 Å². The highest BCUT2D eigenvalue weighted by Crippen LogP contribution is 2.17. The monoisotopic (exact) mass is 345 g/mol. The maximum Gasteiger partial charge on any atom is 0.215 e. The molecule has 0 heterocycles. The Morgan fingerprint density at radius 3 is 2.39 bits per heavy atom. The number of halogens is 3. The molecule has 0 aromatic heterocycles. The zero-order chi connectivity index (χ0) is 17.0. The van der Waals surface area contributed by atoms with Crippen LogP contribution >= 0.6 is 0 Å². The van der Waals surface area contributed by atoms with Gasteiger partial charge in [0, 0.05) is 23.7 Å². The first-order chi connectivity index (χ1) is 10.8. The van der Waals surface area contributed by atoms with Crippen molar-refractivity contribution in [2.45, 2.75) is 11.9 Å². The van der Waals surface area contributed by atoms with Gasteiger partial charge in [-0.2, -0.15) is 0 Å². The normalized spacial score (nSPS) is 13.0. The largest absolute Gasteiger partial charge is 0.387 e. The van der Waals surface area contributed by atoms with Crippen LogP contribution in [0.25, 0.3) is 0 Å². The molecule has 124 valence electrons. The van der Waals surface area contributed by atoms with Crippen LogP contribution in [0.4, 0.5) is 13.2 Å². The highest BCUT2D eigenvalue weighted by Gasteiger charge is 2.18. The molecule has 0 bridgehead atoms. The van der Waals surface area contributed by atoms with E-state index in [1.54, 1.807) is 0 Å². The second-order valence-electron chi connectivity index (χ2n) is 4.88. The molecule has 4 nitrogen and oxygen atoms in total. The van der Waals surface area contributed by atoms with Gasteiger partial charge in [0.2, 0.25) is 10.0 Å². The molecule has 8 heteroatoms. The lowest BCUT2D eigenvalue weighted by Crippen LogP contribution is -2.30. The van der Waals surface area contributed by atoms with Crippen LogP contribution in [0.15, 0.2) is 42.5 Å². The van der Waals surface area contributed by atoms with Crippen LogP contribution in [0.3, 0.4) is 0 Å². The van der Waals surface area contributed by atoms with Gasteiger partial charge in [0.1, 0.15) is 17.5 Å². The number of benzene rings is 2. The fourth-order valence-electron chi connectivity index (χ4n) is 1.96. The smallest absolute Gasteiger partial charge is 0.215 e. The Hall–Kier alpha value is -1.90. The zero-order valence-electron chi connectivity index (χ0n) is 11.8. The molecule has 0 radical (unpaired) electrons. The molecule has 0 spiro atoms. The molecule has 2 N–H and O–H groups in total.